The van der Waals surface area contributed by atoms with Crippen molar-refractivity contribution in [2.75, 3.05) is 19.4 Å². The van der Waals surface area contributed by atoms with Crippen LogP contribution in [0.5, 0.6) is 5.75 Å². The molecule has 0 spiro atoms. The summed E-state index contributed by atoms with van der Waals surface area (Å²) < 4.78 is 5.68. The van der Waals surface area contributed by atoms with E-state index in [2.05, 4.69) is 4.99 Å². The highest BCUT2D eigenvalue weighted by molar-refractivity contribution is 8.13. The molecule has 0 bridgehead atoms. The van der Waals surface area contributed by atoms with E-state index in [0.29, 0.717) is 39.8 Å². The van der Waals surface area contributed by atoms with Crippen LogP contribution in [0.4, 0.5) is 0 Å². The summed E-state index contributed by atoms with van der Waals surface area (Å²) in [5.41, 5.74) is 1.28. The molecule has 3 rings (SSSR count). The molecular weight excluding hydrogens is 391 g/mol. The van der Waals surface area contributed by atoms with E-state index in [-0.39, 0.29) is 5.91 Å². The van der Waals surface area contributed by atoms with Gasteiger partial charge in [0, 0.05) is 10.0 Å². The molecular formula is C19H16Cl2N2O2S. The topological polar surface area (TPSA) is 41.9 Å². The summed E-state index contributed by atoms with van der Waals surface area (Å²) in [7, 11) is 0. The Balaban J connectivity index is 1.66. The van der Waals surface area contributed by atoms with Gasteiger partial charge in [0.2, 0.25) is 0 Å². The average Bonchev–Trinajstić information content (AvgIpc) is 2.94. The number of benzene rings is 2. The summed E-state index contributed by atoms with van der Waals surface area (Å²) in [4.78, 5) is 18.7. The second kappa shape index (κ2) is 8.62. The van der Waals surface area contributed by atoms with Gasteiger partial charge in [-0.2, -0.15) is 0 Å². The van der Waals surface area contributed by atoms with Gasteiger partial charge in [0.25, 0.3) is 5.91 Å². The van der Waals surface area contributed by atoms with E-state index >= 15 is 0 Å². The van der Waals surface area contributed by atoms with Crippen LogP contribution in [0.1, 0.15) is 5.56 Å². The van der Waals surface area contributed by atoms with Gasteiger partial charge in [-0.05, 0) is 54.3 Å². The summed E-state index contributed by atoms with van der Waals surface area (Å²) in [6, 6.07) is 14.4. The third kappa shape index (κ3) is 4.61. The summed E-state index contributed by atoms with van der Waals surface area (Å²) in [6.07, 6.45) is 3.65. The Labute approximate surface area is 166 Å². The number of amides is 1. The van der Waals surface area contributed by atoms with E-state index < -0.39 is 0 Å². The number of ether oxygens (including phenoxy) is 1. The lowest BCUT2D eigenvalue weighted by Gasteiger charge is -2.17. The van der Waals surface area contributed by atoms with Gasteiger partial charge >= 0.3 is 0 Å². The number of halogens is 2. The first kappa shape index (κ1) is 18.8. The van der Waals surface area contributed by atoms with Crippen molar-refractivity contribution in [1.29, 1.82) is 0 Å². The summed E-state index contributed by atoms with van der Waals surface area (Å²) in [6.45, 7) is 0.778. The van der Waals surface area contributed by atoms with Gasteiger partial charge in [0.15, 0.2) is 5.17 Å². The number of hydrogen-bond acceptors (Lipinski definition) is 4. The Morgan fingerprint density at radius 2 is 1.69 bits per heavy atom. The molecule has 0 saturated heterocycles. The maximum absolute atomic E-state index is 12.7. The van der Waals surface area contributed by atoms with Crippen LogP contribution in [0.25, 0.3) is 6.08 Å². The molecule has 0 fully saturated rings. The third-order valence-corrected chi connectivity index (χ3v) is 4.85. The van der Waals surface area contributed by atoms with Crippen LogP contribution in [0.3, 0.4) is 0 Å². The lowest BCUT2D eigenvalue weighted by atomic mass is 10.2. The van der Waals surface area contributed by atoms with Gasteiger partial charge in [-0.15, -0.1) is 0 Å². The normalized spacial score (nSPS) is 15.5. The standard InChI is InChI=1S/C19H16Cl2N2O2S/c1-26-19-22-17(12-13-2-4-14(20)5-3-13)18(24)23(19)10-11-25-16-8-6-15(21)7-9-16/h2-9,12H,10-11H2,1H3/b17-12-. The zero-order chi connectivity index (χ0) is 18.5. The molecule has 0 aliphatic carbocycles. The minimum Gasteiger partial charge on any atom is -0.492 e. The second-order valence-electron chi connectivity index (χ2n) is 5.44. The smallest absolute Gasteiger partial charge is 0.278 e. The highest BCUT2D eigenvalue weighted by atomic mass is 35.5. The van der Waals surface area contributed by atoms with Gasteiger partial charge in [-0.3, -0.25) is 9.69 Å². The van der Waals surface area contributed by atoms with Gasteiger partial charge in [0.05, 0.1) is 6.54 Å². The summed E-state index contributed by atoms with van der Waals surface area (Å²) in [5.74, 6) is 0.574. The molecule has 0 radical (unpaired) electrons. The number of rotatable bonds is 5. The van der Waals surface area contributed by atoms with E-state index in [9.17, 15) is 4.79 Å². The van der Waals surface area contributed by atoms with Crippen molar-refractivity contribution in [2.45, 2.75) is 0 Å². The minimum atomic E-state index is -0.135. The molecule has 2 aromatic rings. The van der Waals surface area contributed by atoms with Crippen LogP contribution in [-0.4, -0.2) is 35.4 Å². The number of hydrogen-bond donors (Lipinski definition) is 0. The highest BCUT2D eigenvalue weighted by Crippen LogP contribution is 2.23. The first-order valence-corrected chi connectivity index (χ1v) is 9.85. The second-order valence-corrected chi connectivity index (χ2v) is 7.09. The number of carbonyl (C=O) groups excluding carboxylic acids is 1. The molecule has 1 heterocycles. The fourth-order valence-corrected chi connectivity index (χ4v) is 3.22. The van der Waals surface area contributed by atoms with Crippen LogP contribution in [0, 0.1) is 0 Å². The molecule has 1 aliphatic heterocycles. The lowest BCUT2D eigenvalue weighted by Crippen LogP contribution is -2.34. The monoisotopic (exact) mass is 406 g/mol. The van der Waals surface area contributed by atoms with Gasteiger partial charge in [0.1, 0.15) is 18.1 Å². The molecule has 0 atom stereocenters. The van der Waals surface area contributed by atoms with Crippen molar-refractivity contribution in [2.24, 2.45) is 4.99 Å². The minimum absolute atomic E-state index is 0.135. The fourth-order valence-electron chi connectivity index (χ4n) is 2.39. The van der Waals surface area contributed by atoms with Gasteiger partial charge < -0.3 is 4.74 Å². The maximum atomic E-state index is 12.7. The molecule has 7 heteroatoms. The molecule has 134 valence electrons. The van der Waals surface area contributed by atoms with Crippen molar-refractivity contribution in [3.63, 3.8) is 0 Å². The van der Waals surface area contributed by atoms with Crippen molar-refractivity contribution >= 4 is 52.1 Å². The Bertz CT molecular complexity index is 849. The molecule has 0 saturated carbocycles. The largest absolute Gasteiger partial charge is 0.492 e. The Morgan fingerprint density at radius 3 is 2.31 bits per heavy atom. The number of thioether (sulfide) groups is 1. The zero-order valence-electron chi connectivity index (χ0n) is 14.0. The van der Waals surface area contributed by atoms with Crippen LogP contribution >= 0.6 is 35.0 Å². The third-order valence-electron chi connectivity index (χ3n) is 3.66. The molecule has 1 aliphatic rings. The van der Waals surface area contributed by atoms with E-state index in [4.69, 9.17) is 27.9 Å². The number of nitrogens with zero attached hydrogens (tertiary/aromatic N) is 2. The predicted octanol–water partition coefficient (Wildman–Crippen LogP) is 4.97. The zero-order valence-corrected chi connectivity index (χ0v) is 16.3. The van der Waals surface area contributed by atoms with E-state index in [1.54, 1.807) is 47.4 Å². The van der Waals surface area contributed by atoms with Crippen LogP contribution in [0.2, 0.25) is 10.0 Å². The summed E-state index contributed by atoms with van der Waals surface area (Å²) in [5, 5.41) is 1.97. The van der Waals surface area contributed by atoms with Crippen molar-refractivity contribution in [3.05, 3.63) is 69.8 Å². The van der Waals surface area contributed by atoms with Crippen LogP contribution in [0.15, 0.2) is 59.2 Å². The van der Waals surface area contributed by atoms with E-state index in [1.807, 2.05) is 18.4 Å². The molecule has 26 heavy (non-hydrogen) atoms. The van der Waals surface area contributed by atoms with E-state index in [0.717, 1.165) is 5.56 Å². The molecule has 0 unspecified atom stereocenters. The van der Waals surface area contributed by atoms with E-state index in [1.165, 1.54) is 11.8 Å². The molecule has 0 aromatic heterocycles. The Kier molecular flexibility index (Phi) is 6.25. The average molecular weight is 407 g/mol. The molecule has 0 N–H and O–H groups in total. The van der Waals surface area contributed by atoms with Gasteiger partial charge in [-0.25, -0.2) is 4.99 Å². The van der Waals surface area contributed by atoms with Gasteiger partial charge in [-0.1, -0.05) is 47.1 Å². The first-order valence-electron chi connectivity index (χ1n) is 7.87. The predicted molar refractivity (Wildman–Crippen MR) is 109 cm³/mol. The molecule has 1 amide bonds. The molecule has 2 aromatic carbocycles. The number of aliphatic imine (C=N–C) groups is 1. The Morgan fingerprint density at radius 1 is 1.08 bits per heavy atom. The number of amidine groups is 1. The summed E-state index contributed by atoms with van der Waals surface area (Å²) >= 11 is 13.2. The van der Waals surface area contributed by atoms with Crippen molar-refractivity contribution in [1.82, 2.24) is 4.90 Å². The van der Waals surface area contributed by atoms with Crippen molar-refractivity contribution in [3.8, 4) is 5.75 Å². The first-order chi connectivity index (χ1) is 12.6. The lowest BCUT2D eigenvalue weighted by molar-refractivity contribution is -0.122. The SMILES string of the molecule is CSC1=N/C(=C\c2ccc(Cl)cc2)C(=O)N1CCOc1ccc(Cl)cc1. The quantitative estimate of drug-likeness (QED) is 0.657. The number of carbonyl (C=O) groups is 1. The fraction of sp³-hybridized carbons (Fsp3) is 0.158. The molecule has 4 nitrogen and oxygen atoms in total. The van der Waals surface area contributed by atoms with Crippen molar-refractivity contribution < 1.29 is 9.53 Å². The highest BCUT2D eigenvalue weighted by Gasteiger charge is 2.29. The Hall–Kier alpha value is -1.95. The van der Waals surface area contributed by atoms with Crippen LogP contribution < -0.4 is 4.74 Å². The van der Waals surface area contributed by atoms with Crippen LogP contribution in [-0.2, 0) is 4.79 Å². The maximum Gasteiger partial charge on any atom is 0.278 e.